The molecule has 0 aromatic heterocycles. The van der Waals surface area contributed by atoms with E-state index in [-0.39, 0.29) is 17.2 Å². The van der Waals surface area contributed by atoms with Crippen LogP contribution in [0, 0.1) is 11.6 Å². The summed E-state index contributed by atoms with van der Waals surface area (Å²) >= 11 is 1.26. The number of carbonyl (C=O) groups is 2. The molecule has 0 fully saturated rings. The van der Waals surface area contributed by atoms with E-state index in [0.717, 1.165) is 4.90 Å². The number of para-hydroxylation sites is 1. The molecule has 0 spiro atoms. The summed E-state index contributed by atoms with van der Waals surface area (Å²) in [7, 11) is 0. The van der Waals surface area contributed by atoms with Crippen molar-refractivity contribution in [2.75, 3.05) is 10.6 Å². The second-order valence-corrected chi connectivity index (χ2v) is 7.61. The largest absolute Gasteiger partial charge is 0.323 e. The van der Waals surface area contributed by atoms with Crippen LogP contribution in [0.1, 0.15) is 17.3 Å². The smallest absolute Gasteiger partial charge is 0.258 e. The summed E-state index contributed by atoms with van der Waals surface area (Å²) in [6, 6.07) is 18.5. The quantitative estimate of drug-likeness (QED) is 0.538. The number of benzene rings is 3. The Labute approximate surface area is 171 Å². The zero-order valence-corrected chi connectivity index (χ0v) is 16.3. The molecule has 0 aliphatic rings. The van der Waals surface area contributed by atoms with Crippen molar-refractivity contribution in [3.63, 3.8) is 0 Å². The SMILES string of the molecule is CC(Sc1cccc(NC(=O)c2ccccc2F)c1)C(=O)Nc1ccccc1F. The van der Waals surface area contributed by atoms with Crippen LogP contribution < -0.4 is 10.6 Å². The fourth-order valence-corrected chi connectivity index (χ4v) is 3.47. The summed E-state index contributed by atoms with van der Waals surface area (Å²) in [6.45, 7) is 1.70. The van der Waals surface area contributed by atoms with E-state index in [0.29, 0.717) is 5.69 Å². The van der Waals surface area contributed by atoms with Gasteiger partial charge >= 0.3 is 0 Å². The fourth-order valence-electron chi connectivity index (χ4n) is 2.55. The van der Waals surface area contributed by atoms with Gasteiger partial charge in [0.05, 0.1) is 16.5 Å². The molecule has 3 rings (SSSR count). The number of hydrogen-bond acceptors (Lipinski definition) is 3. The predicted molar refractivity (Wildman–Crippen MR) is 111 cm³/mol. The monoisotopic (exact) mass is 412 g/mol. The third-order valence-electron chi connectivity index (χ3n) is 4.02. The van der Waals surface area contributed by atoms with Crippen molar-refractivity contribution in [3.8, 4) is 0 Å². The van der Waals surface area contributed by atoms with Gasteiger partial charge in [0.25, 0.3) is 5.91 Å². The van der Waals surface area contributed by atoms with Gasteiger partial charge < -0.3 is 10.6 Å². The Morgan fingerprint density at radius 3 is 2.28 bits per heavy atom. The number of anilines is 2. The molecule has 1 atom stereocenters. The molecule has 3 aromatic rings. The number of nitrogens with one attached hydrogen (secondary N) is 2. The van der Waals surface area contributed by atoms with E-state index in [1.54, 1.807) is 49.4 Å². The van der Waals surface area contributed by atoms with Crippen LogP contribution in [0.15, 0.2) is 77.7 Å². The topological polar surface area (TPSA) is 58.2 Å². The van der Waals surface area contributed by atoms with E-state index in [2.05, 4.69) is 10.6 Å². The minimum Gasteiger partial charge on any atom is -0.323 e. The van der Waals surface area contributed by atoms with Crippen molar-refractivity contribution in [3.05, 3.63) is 90.0 Å². The summed E-state index contributed by atoms with van der Waals surface area (Å²) in [6.07, 6.45) is 0. The lowest BCUT2D eigenvalue weighted by molar-refractivity contribution is -0.115. The number of rotatable bonds is 6. The number of amides is 2. The lowest BCUT2D eigenvalue weighted by atomic mass is 10.2. The number of halogens is 2. The third-order valence-corrected chi connectivity index (χ3v) is 5.12. The van der Waals surface area contributed by atoms with Crippen molar-refractivity contribution in [1.82, 2.24) is 0 Å². The standard InChI is InChI=1S/C22H18F2N2O2S/c1-14(21(27)26-20-12-5-4-11-19(20)24)29-16-8-6-7-15(13-16)25-22(28)17-9-2-3-10-18(17)23/h2-14H,1H3,(H,25,28)(H,26,27). The maximum Gasteiger partial charge on any atom is 0.258 e. The van der Waals surface area contributed by atoms with Gasteiger partial charge in [0.2, 0.25) is 5.91 Å². The van der Waals surface area contributed by atoms with Gasteiger partial charge in [0.1, 0.15) is 11.6 Å². The van der Waals surface area contributed by atoms with Crippen LogP contribution in [0.25, 0.3) is 0 Å². The minimum atomic E-state index is -0.603. The average molecular weight is 412 g/mol. The summed E-state index contributed by atoms with van der Waals surface area (Å²) in [5.74, 6) is -2.01. The highest BCUT2D eigenvalue weighted by atomic mass is 32.2. The summed E-state index contributed by atoms with van der Waals surface area (Å²) in [4.78, 5) is 25.3. The van der Waals surface area contributed by atoms with Crippen molar-refractivity contribution in [1.29, 1.82) is 0 Å². The molecule has 0 aliphatic heterocycles. The Bertz CT molecular complexity index is 1040. The van der Waals surface area contributed by atoms with Gasteiger partial charge in [-0.25, -0.2) is 8.78 Å². The Kier molecular flexibility index (Phi) is 6.61. The van der Waals surface area contributed by atoms with Crippen LogP contribution in [-0.4, -0.2) is 17.1 Å². The van der Waals surface area contributed by atoms with Crippen molar-refractivity contribution in [2.45, 2.75) is 17.1 Å². The van der Waals surface area contributed by atoms with Gasteiger partial charge in [-0.15, -0.1) is 11.8 Å². The molecule has 29 heavy (non-hydrogen) atoms. The van der Waals surface area contributed by atoms with Gasteiger partial charge in [-0.2, -0.15) is 0 Å². The molecule has 2 N–H and O–H groups in total. The van der Waals surface area contributed by atoms with Gasteiger partial charge in [0.15, 0.2) is 0 Å². The molecular formula is C22H18F2N2O2S. The summed E-state index contributed by atoms with van der Waals surface area (Å²) in [5.41, 5.74) is 0.545. The predicted octanol–water partition coefficient (Wildman–Crippen LogP) is 5.34. The van der Waals surface area contributed by atoms with Crippen LogP contribution in [0.4, 0.5) is 20.2 Å². The van der Waals surface area contributed by atoms with Crippen molar-refractivity contribution in [2.24, 2.45) is 0 Å². The maximum absolute atomic E-state index is 13.8. The van der Waals surface area contributed by atoms with E-state index < -0.39 is 22.8 Å². The van der Waals surface area contributed by atoms with Gasteiger partial charge in [-0.3, -0.25) is 9.59 Å². The zero-order chi connectivity index (χ0) is 20.8. The first-order valence-electron chi connectivity index (χ1n) is 8.82. The Morgan fingerprint density at radius 2 is 1.55 bits per heavy atom. The summed E-state index contributed by atoms with van der Waals surface area (Å²) in [5, 5.41) is 4.70. The Balaban J connectivity index is 1.65. The molecule has 4 nitrogen and oxygen atoms in total. The molecule has 0 heterocycles. The second kappa shape index (κ2) is 9.34. The molecule has 1 unspecified atom stereocenters. The fraction of sp³-hybridized carbons (Fsp3) is 0.0909. The molecule has 0 radical (unpaired) electrons. The van der Waals surface area contributed by atoms with E-state index in [1.165, 1.54) is 42.1 Å². The number of hydrogen-bond donors (Lipinski definition) is 2. The second-order valence-electron chi connectivity index (χ2n) is 6.19. The van der Waals surface area contributed by atoms with Crippen LogP contribution in [-0.2, 0) is 4.79 Å². The lowest BCUT2D eigenvalue weighted by Crippen LogP contribution is -2.22. The lowest BCUT2D eigenvalue weighted by Gasteiger charge is -2.13. The zero-order valence-electron chi connectivity index (χ0n) is 15.5. The normalized spacial score (nSPS) is 11.6. The molecule has 0 bridgehead atoms. The van der Waals surface area contributed by atoms with Crippen LogP contribution >= 0.6 is 11.8 Å². The van der Waals surface area contributed by atoms with Crippen LogP contribution in [0.2, 0.25) is 0 Å². The first-order valence-corrected chi connectivity index (χ1v) is 9.70. The third kappa shape index (κ3) is 5.42. The molecular weight excluding hydrogens is 394 g/mol. The highest BCUT2D eigenvalue weighted by Crippen LogP contribution is 2.27. The van der Waals surface area contributed by atoms with E-state index in [1.807, 2.05) is 0 Å². The van der Waals surface area contributed by atoms with Gasteiger partial charge in [-0.1, -0.05) is 30.3 Å². The van der Waals surface area contributed by atoms with E-state index >= 15 is 0 Å². The van der Waals surface area contributed by atoms with Crippen molar-refractivity contribution < 1.29 is 18.4 Å². The molecule has 0 saturated carbocycles. The first-order chi connectivity index (χ1) is 13.9. The average Bonchev–Trinajstić information content (AvgIpc) is 2.70. The number of carbonyl (C=O) groups excluding carboxylic acids is 2. The Morgan fingerprint density at radius 1 is 0.862 bits per heavy atom. The summed E-state index contributed by atoms with van der Waals surface area (Å²) < 4.78 is 27.4. The van der Waals surface area contributed by atoms with Gasteiger partial charge in [-0.05, 0) is 49.4 Å². The van der Waals surface area contributed by atoms with E-state index in [4.69, 9.17) is 0 Å². The van der Waals surface area contributed by atoms with Crippen molar-refractivity contribution >= 4 is 35.0 Å². The molecule has 3 aromatic carbocycles. The van der Waals surface area contributed by atoms with E-state index in [9.17, 15) is 18.4 Å². The highest BCUT2D eigenvalue weighted by molar-refractivity contribution is 8.00. The minimum absolute atomic E-state index is 0.0526. The molecule has 0 aliphatic carbocycles. The highest BCUT2D eigenvalue weighted by Gasteiger charge is 2.17. The Hall–Kier alpha value is -3.19. The number of thioether (sulfide) groups is 1. The molecule has 2 amide bonds. The molecule has 148 valence electrons. The molecule has 7 heteroatoms. The first kappa shape index (κ1) is 20.5. The van der Waals surface area contributed by atoms with Crippen LogP contribution in [0.3, 0.4) is 0 Å². The van der Waals surface area contributed by atoms with Gasteiger partial charge in [0, 0.05) is 10.6 Å². The molecule has 0 saturated heterocycles. The maximum atomic E-state index is 13.8. The van der Waals surface area contributed by atoms with Crippen LogP contribution in [0.5, 0.6) is 0 Å².